The summed E-state index contributed by atoms with van der Waals surface area (Å²) in [6.45, 7) is 0.340. The van der Waals surface area contributed by atoms with E-state index >= 15 is 0 Å². The van der Waals surface area contributed by atoms with Crippen LogP contribution in [0.15, 0.2) is 82.8 Å². The summed E-state index contributed by atoms with van der Waals surface area (Å²) in [6, 6.07) is 20.3. The summed E-state index contributed by atoms with van der Waals surface area (Å²) in [5.41, 5.74) is 3.29. The number of nitrogens with zero attached hydrogens (tertiary/aromatic N) is 3. The van der Waals surface area contributed by atoms with Crippen molar-refractivity contribution < 1.29 is 18.7 Å². The van der Waals surface area contributed by atoms with Gasteiger partial charge in [-0.2, -0.15) is 0 Å². The number of halogens is 1. The van der Waals surface area contributed by atoms with E-state index in [1.165, 1.54) is 28.8 Å². The first-order valence-electron chi connectivity index (χ1n) is 11.4. The molecule has 2 aliphatic rings. The number of carbonyl (C=O) groups excluding carboxylic acids is 2. The molecule has 36 heavy (non-hydrogen) atoms. The van der Waals surface area contributed by atoms with Crippen molar-refractivity contribution in [1.29, 1.82) is 0 Å². The van der Waals surface area contributed by atoms with Crippen LogP contribution in [-0.2, 0) is 21.9 Å². The molecule has 7 nitrogen and oxygen atoms in total. The summed E-state index contributed by atoms with van der Waals surface area (Å²) in [4.78, 5) is 36.9. The third-order valence-electron chi connectivity index (χ3n) is 5.86. The Kier molecular flexibility index (Phi) is 6.81. The van der Waals surface area contributed by atoms with Gasteiger partial charge in [0.1, 0.15) is 23.4 Å². The molecule has 2 amide bonds. The molecule has 0 aromatic heterocycles. The quantitative estimate of drug-likeness (QED) is 0.518. The van der Waals surface area contributed by atoms with E-state index in [2.05, 4.69) is 10.3 Å². The average Bonchev–Trinajstić information content (AvgIpc) is 3.23. The number of carbonyl (C=O) groups is 2. The highest BCUT2D eigenvalue weighted by molar-refractivity contribution is 8.13. The van der Waals surface area contributed by atoms with Crippen molar-refractivity contribution in [3.8, 4) is 5.75 Å². The first-order valence-corrected chi connectivity index (χ1v) is 12.4. The number of amides is 2. The van der Waals surface area contributed by atoms with Crippen LogP contribution < -0.4 is 10.1 Å². The van der Waals surface area contributed by atoms with Gasteiger partial charge in [-0.15, -0.1) is 0 Å². The second kappa shape index (κ2) is 10.3. The number of ether oxygens (including phenoxy) is 1. The summed E-state index contributed by atoms with van der Waals surface area (Å²) in [5, 5.41) is 3.35. The van der Waals surface area contributed by atoms with E-state index in [0.717, 1.165) is 22.4 Å². The number of aliphatic imine (C=N–C) groups is 2. The molecule has 0 aliphatic carbocycles. The molecular formula is C27H23FN4O3S. The second-order valence-electron chi connectivity index (χ2n) is 8.30. The lowest BCUT2D eigenvalue weighted by molar-refractivity contribution is -0.128. The first kappa shape index (κ1) is 23.7. The number of fused-ring (bicyclic) bond motifs is 3. The van der Waals surface area contributed by atoms with Crippen LogP contribution in [0.1, 0.15) is 23.1 Å². The van der Waals surface area contributed by atoms with Crippen LogP contribution in [-0.4, -0.2) is 40.9 Å². The smallest absolute Gasteiger partial charge is 0.259 e. The van der Waals surface area contributed by atoms with Crippen LogP contribution in [0.25, 0.3) is 0 Å². The number of benzene rings is 3. The zero-order chi connectivity index (χ0) is 25.1. The number of rotatable bonds is 7. The Morgan fingerprint density at radius 1 is 1.06 bits per heavy atom. The Hall–Kier alpha value is -3.98. The number of amidine groups is 2. The fourth-order valence-electron chi connectivity index (χ4n) is 3.95. The number of thioether (sulfide) groups is 1. The van der Waals surface area contributed by atoms with Gasteiger partial charge in [-0.1, -0.05) is 48.2 Å². The molecule has 0 radical (unpaired) electrons. The van der Waals surface area contributed by atoms with Crippen molar-refractivity contribution in [3.63, 3.8) is 0 Å². The lowest BCUT2D eigenvalue weighted by atomic mass is 10.1. The van der Waals surface area contributed by atoms with Gasteiger partial charge in [0.25, 0.3) is 5.91 Å². The summed E-state index contributed by atoms with van der Waals surface area (Å²) in [5.74, 6) is 0.892. The Morgan fingerprint density at radius 2 is 1.78 bits per heavy atom. The maximum atomic E-state index is 13.4. The van der Waals surface area contributed by atoms with E-state index in [1.54, 1.807) is 19.2 Å². The number of hydrogen-bond acceptors (Lipinski definition) is 6. The summed E-state index contributed by atoms with van der Waals surface area (Å²) in [7, 11) is 1.60. The van der Waals surface area contributed by atoms with E-state index in [-0.39, 0.29) is 24.1 Å². The maximum Gasteiger partial charge on any atom is 0.259 e. The molecule has 1 N–H and O–H groups in total. The highest BCUT2D eigenvalue weighted by Crippen LogP contribution is 2.34. The fraction of sp³-hybridized carbons (Fsp3) is 0.185. The third-order valence-corrected chi connectivity index (χ3v) is 6.87. The van der Waals surface area contributed by atoms with E-state index in [9.17, 15) is 14.0 Å². The zero-order valence-electron chi connectivity index (χ0n) is 19.5. The maximum absolute atomic E-state index is 13.4. The molecule has 2 heterocycles. The second-order valence-corrected chi connectivity index (χ2v) is 9.24. The largest absolute Gasteiger partial charge is 0.497 e. The van der Waals surface area contributed by atoms with Gasteiger partial charge >= 0.3 is 0 Å². The highest BCUT2D eigenvalue weighted by Gasteiger charge is 2.42. The predicted octanol–water partition coefficient (Wildman–Crippen LogP) is 4.43. The topological polar surface area (TPSA) is 83.4 Å². The zero-order valence-corrected chi connectivity index (χ0v) is 20.3. The molecule has 0 spiro atoms. The normalized spacial score (nSPS) is 16.1. The van der Waals surface area contributed by atoms with Crippen LogP contribution in [0.3, 0.4) is 0 Å². The van der Waals surface area contributed by atoms with Gasteiger partial charge in [0.15, 0.2) is 5.17 Å². The Bertz CT molecular complexity index is 1360. The molecule has 5 rings (SSSR count). The fourth-order valence-corrected chi connectivity index (χ4v) is 4.91. The highest BCUT2D eigenvalue weighted by atomic mass is 32.2. The molecule has 1 atom stereocenters. The van der Waals surface area contributed by atoms with Crippen molar-refractivity contribution in [1.82, 2.24) is 10.2 Å². The van der Waals surface area contributed by atoms with Gasteiger partial charge in [0.05, 0.1) is 19.2 Å². The first-order chi connectivity index (χ1) is 17.5. The molecule has 3 aromatic rings. The van der Waals surface area contributed by atoms with Gasteiger partial charge < -0.3 is 10.1 Å². The molecule has 0 unspecified atom stereocenters. The molecule has 2 aliphatic heterocycles. The lowest BCUT2D eigenvalue weighted by Gasteiger charge is -2.25. The van der Waals surface area contributed by atoms with Gasteiger partial charge in [-0.3, -0.25) is 14.6 Å². The van der Waals surface area contributed by atoms with E-state index in [0.29, 0.717) is 29.0 Å². The summed E-state index contributed by atoms with van der Waals surface area (Å²) >= 11 is 1.37. The van der Waals surface area contributed by atoms with Crippen LogP contribution in [0.2, 0.25) is 0 Å². The molecule has 182 valence electrons. The van der Waals surface area contributed by atoms with E-state index in [1.807, 2.05) is 48.5 Å². The van der Waals surface area contributed by atoms with Gasteiger partial charge in [0.2, 0.25) is 5.91 Å². The van der Waals surface area contributed by atoms with Crippen LogP contribution in [0.4, 0.5) is 10.1 Å². The van der Waals surface area contributed by atoms with Gasteiger partial charge in [0, 0.05) is 17.9 Å². The van der Waals surface area contributed by atoms with Crippen molar-refractivity contribution in [2.45, 2.75) is 24.8 Å². The average molecular weight is 503 g/mol. The summed E-state index contributed by atoms with van der Waals surface area (Å²) in [6.07, 6.45) is -0.0624. The van der Waals surface area contributed by atoms with Crippen LogP contribution in [0.5, 0.6) is 5.75 Å². The Labute approximate surface area is 212 Å². The Balaban J connectivity index is 1.30. The van der Waals surface area contributed by atoms with E-state index in [4.69, 9.17) is 9.73 Å². The molecule has 0 fully saturated rings. The molecule has 0 bridgehead atoms. The lowest BCUT2D eigenvalue weighted by Crippen LogP contribution is -2.42. The monoisotopic (exact) mass is 502 g/mol. The number of nitrogens with one attached hydrogen (secondary N) is 1. The minimum absolute atomic E-state index is 0.0624. The number of methoxy groups -OCH3 is 1. The van der Waals surface area contributed by atoms with E-state index < -0.39 is 6.04 Å². The third kappa shape index (κ3) is 5.01. The van der Waals surface area contributed by atoms with Crippen molar-refractivity contribution >= 4 is 40.3 Å². The SMILES string of the molecule is COc1ccc(CNC(=O)C[C@H]2N=C3c4ccccc4N=C(SCc4ccc(F)cc4)N3C2=O)cc1. The van der Waals surface area contributed by atoms with Crippen LogP contribution in [0, 0.1) is 5.82 Å². The molecule has 3 aromatic carbocycles. The Morgan fingerprint density at radius 3 is 2.53 bits per heavy atom. The minimum atomic E-state index is -0.835. The molecule has 0 saturated heterocycles. The number of hydrogen-bond donors (Lipinski definition) is 1. The van der Waals surface area contributed by atoms with Crippen molar-refractivity contribution in [2.75, 3.05) is 7.11 Å². The number of para-hydroxylation sites is 1. The molecule has 9 heteroatoms. The van der Waals surface area contributed by atoms with Crippen molar-refractivity contribution in [2.24, 2.45) is 9.98 Å². The van der Waals surface area contributed by atoms with Gasteiger partial charge in [-0.05, 0) is 47.5 Å². The molecule has 0 saturated carbocycles. The minimum Gasteiger partial charge on any atom is -0.497 e. The molecular weight excluding hydrogens is 479 g/mol. The standard InChI is InChI=1S/C27H23FN4O3S/c1-35-20-12-8-17(9-13-20)15-29-24(33)14-23-26(34)32-25(30-23)21-4-2-3-5-22(21)31-27(32)36-16-18-6-10-19(28)11-7-18/h2-13,23H,14-16H2,1H3,(H,29,33)/t23-/m1/s1. The van der Waals surface area contributed by atoms with Crippen molar-refractivity contribution in [3.05, 3.63) is 95.3 Å². The van der Waals surface area contributed by atoms with Gasteiger partial charge in [-0.25, -0.2) is 14.3 Å². The van der Waals surface area contributed by atoms with Crippen LogP contribution >= 0.6 is 11.8 Å². The summed E-state index contributed by atoms with van der Waals surface area (Å²) < 4.78 is 18.4. The predicted molar refractivity (Wildman–Crippen MR) is 138 cm³/mol.